The number of aryl methyl sites for hydroxylation is 1. The first kappa shape index (κ1) is 10.2. The quantitative estimate of drug-likeness (QED) is 0.628. The van der Waals surface area contributed by atoms with Gasteiger partial charge in [0.1, 0.15) is 0 Å². The average Bonchev–Trinajstić information content (AvgIpc) is 2.16. The van der Waals surface area contributed by atoms with Gasteiger partial charge in [-0.25, -0.2) is 0 Å². The van der Waals surface area contributed by atoms with Gasteiger partial charge in [0, 0.05) is 11.6 Å². The van der Waals surface area contributed by atoms with Crippen LogP contribution in [-0.2, 0) is 5.41 Å². The summed E-state index contributed by atoms with van der Waals surface area (Å²) in [6, 6.07) is 8.51. The molecule has 0 aliphatic carbocycles. The van der Waals surface area contributed by atoms with Gasteiger partial charge in [-0.05, 0) is 29.5 Å². The topological polar surface area (TPSA) is 12.9 Å². The second-order valence-corrected chi connectivity index (χ2v) is 5.08. The van der Waals surface area contributed by atoms with Crippen LogP contribution in [0.3, 0.4) is 0 Å². The summed E-state index contributed by atoms with van der Waals surface area (Å²) in [5.41, 5.74) is 3.93. The van der Waals surface area contributed by atoms with Crippen LogP contribution in [0.4, 0.5) is 0 Å². The Morgan fingerprint density at radius 3 is 2.47 bits per heavy atom. The minimum absolute atomic E-state index is 0.176. The normalized spacial score (nSPS) is 12.0. The number of para-hydroxylation sites is 1. The summed E-state index contributed by atoms with van der Waals surface area (Å²) in [4.78, 5) is 4.45. The van der Waals surface area contributed by atoms with Crippen LogP contribution in [-0.4, -0.2) is 4.98 Å². The first-order valence-electron chi connectivity index (χ1n) is 5.35. The predicted octanol–water partition coefficient (Wildman–Crippen LogP) is 3.84. The van der Waals surface area contributed by atoms with E-state index in [2.05, 4.69) is 56.9 Å². The molecule has 2 rings (SSSR count). The van der Waals surface area contributed by atoms with Crippen LogP contribution < -0.4 is 0 Å². The number of pyridine rings is 1. The van der Waals surface area contributed by atoms with E-state index >= 15 is 0 Å². The maximum atomic E-state index is 4.45. The Labute approximate surface area is 91.2 Å². The maximum absolute atomic E-state index is 4.45. The molecule has 1 nitrogen and oxygen atoms in total. The van der Waals surface area contributed by atoms with E-state index in [1.807, 2.05) is 6.20 Å². The number of hydrogen-bond acceptors (Lipinski definition) is 1. The Balaban J connectivity index is 2.83. The minimum atomic E-state index is 0.176. The molecule has 0 fully saturated rings. The molecule has 0 saturated carbocycles. The third-order valence-corrected chi connectivity index (χ3v) is 2.78. The molecule has 0 unspecified atom stereocenters. The van der Waals surface area contributed by atoms with Crippen LogP contribution in [0.15, 0.2) is 30.5 Å². The van der Waals surface area contributed by atoms with Crippen molar-refractivity contribution in [3.63, 3.8) is 0 Å². The second-order valence-electron chi connectivity index (χ2n) is 5.08. The van der Waals surface area contributed by atoms with Gasteiger partial charge in [-0.1, -0.05) is 39.0 Å². The fourth-order valence-electron chi connectivity index (χ4n) is 1.98. The third kappa shape index (κ3) is 1.74. The molecular weight excluding hydrogens is 182 g/mol. The summed E-state index contributed by atoms with van der Waals surface area (Å²) in [5.74, 6) is 0. The molecule has 0 amide bonds. The zero-order valence-electron chi connectivity index (χ0n) is 9.83. The number of hydrogen-bond donors (Lipinski definition) is 0. The number of benzene rings is 1. The van der Waals surface area contributed by atoms with Crippen LogP contribution in [0.5, 0.6) is 0 Å². The van der Waals surface area contributed by atoms with Gasteiger partial charge in [-0.2, -0.15) is 0 Å². The van der Waals surface area contributed by atoms with Gasteiger partial charge in [-0.15, -0.1) is 0 Å². The Bertz CT molecular complexity index is 492. The zero-order valence-corrected chi connectivity index (χ0v) is 9.83. The number of nitrogens with zero attached hydrogens (tertiary/aromatic N) is 1. The summed E-state index contributed by atoms with van der Waals surface area (Å²) in [7, 11) is 0. The van der Waals surface area contributed by atoms with Crippen LogP contribution in [0, 0.1) is 6.92 Å². The van der Waals surface area contributed by atoms with Crippen LogP contribution in [0.25, 0.3) is 10.9 Å². The molecule has 78 valence electrons. The standard InChI is InChI=1S/C14H17N/c1-10-6-5-7-11-12(14(2,3)4)8-9-15-13(10)11/h5-9H,1-4H3. The van der Waals surface area contributed by atoms with Crippen molar-refractivity contribution in [3.8, 4) is 0 Å². The molecule has 0 radical (unpaired) electrons. The van der Waals surface area contributed by atoms with Gasteiger partial charge in [0.2, 0.25) is 0 Å². The van der Waals surface area contributed by atoms with Gasteiger partial charge in [0.05, 0.1) is 5.52 Å². The van der Waals surface area contributed by atoms with Crippen molar-refractivity contribution < 1.29 is 0 Å². The van der Waals surface area contributed by atoms with Crippen molar-refractivity contribution in [2.45, 2.75) is 33.1 Å². The van der Waals surface area contributed by atoms with Crippen molar-refractivity contribution >= 4 is 10.9 Å². The smallest absolute Gasteiger partial charge is 0.0734 e. The summed E-state index contributed by atoms with van der Waals surface area (Å²) in [6.07, 6.45) is 1.91. The molecule has 0 saturated heterocycles. The average molecular weight is 199 g/mol. The predicted molar refractivity (Wildman–Crippen MR) is 65.2 cm³/mol. The molecule has 1 aromatic carbocycles. The van der Waals surface area contributed by atoms with E-state index in [9.17, 15) is 0 Å². The maximum Gasteiger partial charge on any atom is 0.0734 e. The van der Waals surface area contributed by atoms with E-state index in [0.717, 1.165) is 5.52 Å². The first-order chi connectivity index (χ1) is 7.00. The summed E-state index contributed by atoms with van der Waals surface area (Å²) in [5, 5.41) is 1.28. The van der Waals surface area contributed by atoms with Crippen LogP contribution >= 0.6 is 0 Å². The first-order valence-corrected chi connectivity index (χ1v) is 5.35. The molecule has 0 spiro atoms. The van der Waals surface area contributed by atoms with Crippen molar-refractivity contribution in [2.24, 2.45) is 0 Å². The Morgan fingerprint density at radius 1 is 1.07 bits per heavy atom. The van der Waals surface area contributed by atoms with Gasteiger partial charge < -0.3 is 0 Å². The zero-order chi connectivity index (χ0) is 11.1. The third-order valence-electron chi connectivity index (χ3n) is 2.78. The van der Waals surface area contributed by atoms with E-state index in [1.165, 1.54) is 16.5 Å². The molecule has 1 heterocycles. The van der Waals surface area contributed by atoms with Crippen LogP contribution in [0.1, 0.15) is 31.9 Å². The Kier molecular flexibility index (Phi) is 2.26. The van der Waals surface area contributed by atoms with E-state index in [-0.39, 0.29) is 5.41 Å². The molecule has 15 heavy (non-hydrogen) atoms. The molecule has 0 N–H and O–H groups in total. The fourth-order valence-corrected chi connectivity index (χ4v) is 1.98. The highest BCUT2D eigenvalue weighted by Gasteiger charge is 2.16. The Morgan fingerprint density at radius 2 is 1.80 bits per heavy atom. The van der Waals surface area contributed by atoms with Gasteiger partial charge in [0.25, 0.3) is 0 Å². The van der Waals surface area contributed by atoms with Crippen LogP contribution in [0.2, 0.25) is 0 Å². The largest absolute Gasteiger partial charge is 0.256 e. The molecule has 0 atom stereocenters. The van der Waals surface area contributed by atoms with Crippen molar-refractivity contribution in [1.82, 2.24) is 4.98 Å². The summed E-state index contributed by atoms with van der Waals surface area (Å²) in [6.45, 7) is 8.83. The van der Waals surface area contributed by atoms with Crippen molar-refractivity contribution in [1.29, 1.82) is 0 Å². The van der Waals surface area contributed by atoms with E-state index in [4.69, 9.17) is 0 Å². The highest BCUT2D eigenvalue weighted by Crippen LogP contribution is 2.29. The molecule has 1 aromatic heterocycles. The fraction of sp³-hybridized carbons (Fsp3) is 0.357. The van der Waals surface area contributed by atoms with Gasteiger partial charge in [-0.3, -0.25) is 4.98 Å². The lowest BCUT2D eigenvalue weighted by Crippen LogP contribution is -2.12. The lowest BCUT2D eigenvalue weighted by atomic mass is 9.84. The minimum Gasteiger partial charge on any atom is -0.256 e. The van der Waals surface area contributed by atoms with Gasteiger partial charge in [0.15, 0.2) is 0 Å². The van der Waals surface area contributed by atoms with E-state index in [0.29, 0.717) is 0 Å². The van der Waals surface area contributed by atoms with E-state index < -0.39 is 0 Å². The molecular formula is C14H17N. The lowest BCUT2D eigenvalue weighted by molar-refractivity contribution is 0.595. The van der Waals surface area contributed by atoms with Crippen molar-refractivity contribution in [2.75, 3.05) is 0 Å². The van der Waals surface area contributed by atoms with E-state index in [1.54, 1.807) is 0 Å². The van der Waals surface area contributed by atoms with Crippen molar-refractivity contribution in [3.05, 3.63) is 41.6 Å². The molecule has 1 heteroatoms. The second kappa shape index (κ2) is 3.34. The highest BCUT2D eigenvalue weighted by atomic mass is 14.7. The summed E-state index contributed by atoms with van der Waals surface area (Å²) >= 11 is 0. The lowest BCUT2D eigenvalue weighted by Gasteiger charge is -2.21. The monoisotopic (exact) mass is 199 g/mol. The van der Waals surface area contributed by atoms with Gasteiger partial charge >= 0.3 is 0 Å². The summed E-state index contributed by atoms with van der Waals surface area (Å²) < 4.78 is 0. The Hall–Kier alpha value is -1.37. The molecule has 0 aliphatic rings. The number of rotatable bonds is 0. The molecule has 0 bridgehead atoms. The molecule has 2 aromatic rings. The molecule has 0 aliphatic heterocycles. The number of fused-ring (bicyclic) bond motifs is 1. The SMILES string of the molecule is Cc1cccc2c(C(C)(C)C)ccnc12. The number of aromatic nitrogens is 1. The highest BCUT2D eigenvalue weighted by molar-refractivity contribution is 5.85.